The molecular formula is C19H23N3O2S. The molecule has 25 heavy (non-hydrogen) atoms. The number of hydrogen-bond acceptors (Lipinski definition) is 4. The Bertz CT molecular complexity index is 750. The smallest absolute Gasteiger partial charge is 0.264 e. The molecular weight excluding hydrogens is 334 g/mol. The third-order valence-corrected chi connectivity index (χ3v) is 5.28. The molecule has 132 valence electrons. The average Bonchev–Trinajstić information content (AvgIpc) is 3.13. The Labute approximate surface area is 152 Å². The van der Waals surface area contributed by atoms with Gasteiger partial charge in [-0.2, -0.15) is 0 Å². The van der Waals surface area contributed by atoms with Crippen molar-refractivity contribution >= 4 is 28.8 Å². The first-order valence-electron chi connectivity index (χ1n) is 8.45. The van der Waals surface area contributed by atoms with Crippen molar-refractivity contribution in [3.05, 3.63) is 51.7 Å². The third kappa shape index (κ3) is 4.46. The van der Waals surface area contributed by atoms with E-state index in [-0.39, 0.29) is 11.8 Å². The maximum Gasteiger partial charge on any atom is 0.264 e. The quantitative estimate of drug-likeness (QED) is 0.915. The molecule has 2 heterocycles. The number of nitrogens with zero attached hydrogens (tertiary/aromatic N) is 2. The Morgan fingerprint density at radius 3 is 2.56 bits per heavy atom. The van der Waals surface area contributed by atoms with Gasteiger partial charge in [0.05, 0.1) is 11.4 Å². The van der Waals surface area contributed by atoms with Crippen molar-refractivity contribution in [3.8, 4) is 0 Å². The van der Waals surface area contributed by atoms with Crippen LogP contribution in [0.25, 0.3) is 0 Å². The fourth-order valence-electron chi connectivity index (χ4n) is 2.93. The van der Waals surface area contributed by atoms with Crippen LogP contribution >= 0.6 is 11.3 Å². The van der Waals surface area contributed by atoms with Gasteiger partial charge in [-0.15, -0.1) is 11.3 Å². The summed E-state index contributed by atoms with van der Waals surface area (Å²) in [5, 5.41) is 4.91. The fourth-order valence-corrected chi connectivity index (χ4v) is 3.62. The van der Waals surface area contributed by atoms with Crippen molar-refractivity contribution in [1.82, 2.24) is 9.80 Å². The minimum Gasteiger partial charge on any atom is -0.335 e. The molecule has 5 nitrogen and oxygen atoms in total. The molecule has 1 fully saturated rings. The van der Waals surface area contributed by atoms with Gasteiger partial charge in [0, 0.05) is 31.9 Å². The molecule has 0 radical (unpaired) electrons. The highest BCUT2D eigenvalue weighted by atomic mass is 32.1. The lowest BCUT2D eigenvalue weighted by Gasteiger charge is -2.34. The number of rotatable bonds is 4. The SMILES string of the molecule is Cc1ccc(C)c(NC(=O)CN2CCN(C(=O)c3cccs3)CC2)c1. The molecule has 2 amide bonds. The normalized spacial score (nSPS) is 15.2. The molecule has 2 aromatic rings. The maximum absolute atomic E-state index is 12.3. The van der Waals surface area contributed by atoms with Crippen LogP contribution in [0.1, 0.15) is 20.8 Å². The van der Waals surface area contributed by atoms with E-state index < -0.39 is 0 Å². The summed E-state index contributed by atoms with van der Waals surface area (Å²) < 4.78 is 0. The average molecular weight is 357 g/mol. The highest BCUT2D eigenvalue weighted by Crippen LogP contribution is 2.17. The number of amides is 2. The van der Waals surface area contributed by atoms with Crippen LogP contribution in [0.4, 0.5) is 5.69 Å². The van der Waals surface area contributed by atoms with Crippen LogP contribution in [-0.4, -0.2) is 54.3 Å². The first kappa shape index (κ1) is 17.6. The van der Waals surface area contributed by atoms with Crippen molar-refractivity contribution in [2.45, 2.75) is 13.8 Å². The molecule has 1 saturated heterocycles. The zero-order valence-electron chi connectivity index (χ0n) is 14.6. The predicted octanol–water partition coefficient (Wildman–Crippen LogP) is 2.76. The molecule has 0 aliphatic carbocycles. The number of aryl methyl sites for hydroxylation is 2. The molecule has 1 N–H and O–H groups in total. The van der Waals surface area contributed by atoms with Crippen LogP contribution < -0.4 is 5.32 Å². The van der Waals surface area contributed by atoms with Gasteiger partial charge in [0.15, 0.2) is 0 Å². The van der Waals surface area contributed by atoms with Gasteiger partial charge in [-0.1, -0.05) is 18.2 Å². The van der Waals surface area contributed by atoms with E-state index >= 15 is 0 Å². The number of carbonyl (C=O) groups is 2. The van der Waals surface area contributed by atoms with Gasteiger partial charge in [0.1, 0.15) is 0 Å². The lowest BCUT2D eigenvalue weighted by Crippen LogP contribution is -2.50. The Hall–Kier alpha value is -2.18. The monoisotopic (exact) mass is 357 g/mol. The van der Waals surface area contributed by atoms with Crippen molar-refractivity contribution in [2.24, 2.45) is 0 Å². The fraction of sp³-hybridized carbons (Fsp3) is 0.368. The number of benzene rings is 1. The van der Waals surface area contributed by atoms with Crippen molar-refractivity contribution in [3.63, 3.8) is 0 Å². The van der Waals surface area contributed by atoms with E-state index in [1.54, 1.807) is 0 Å². The lowest BCUT2D eigenvalue weighted by molar-refractivity contribution is -0.117. The Morgan fingerprint density at radius 1 is 1.12 bits per heavy atom. The summed E-state index contributed by atoms with van der Waals surface area (Å²) >= 11 is 1.47. The summed E-state index contributed by atoms with van der Waals surface area (Å²) in [5.74, 6) is 0.0845. The molecule has 1 aliphatic rings. The van der Waals surface area contributed by atoms with Gasteiger partial charge >= 0.3 is 0 Å². The number of hydrogen-bond donors (Lipinski definition) is 1. The van der Waals surface area contributed by atoms with Gasteiger partial charge in [-0.05, 0) is 42.5 Å². The summed E-state index contributed by atoms with van der Waals surface area (Å²) in [4.78, 5) is 29.4. The van der Waals surface area contributed by atoms with E-state index in [0.717, 1.165) is 34.8 Å². The third-order valence-electron chi connectivity index (χ3n) is 4.43. The number of carbonyl (C=O) groups excluding carboxylic acids is 2. The Kier molecular flexibility index (Phi) is 5.50. The molecule has 3 rings (SSSR count). The van der Waals surface area contributed by atoms with Crippen molar-refractivity contribution in [2.75, 3.05) is 38.0 Å². The Balaban J connectivity index is 1.49. The summed E-state index contributed by atoms with van der Waals surface area (Å²) in [6.07, 6.45) is 0. The highest BCUT2D eigenvalue weighted by molar-refractivity contribution is 7.12. The van der Waals surface area contributed by atoms with Gasteiger partial charge in [-0.25, -0.2) is 0 Å². The second-order valence-electron chi connectivity index (χ2n) is 6.41. The van der Waals surface area contributed by atoms with Crippen molar-refractivity contribution in [1.29, 1.82) is 0 Å². The summed E-state index contributed by atoms with van der Waals surface area (Å²) in [7, 11) is 0. The molecule has 0 spiro atoms. The maximum atomic E-state index is 12.3. The second-order valence-corrected chi connectivity index (χ2v) is 7.36. The molecule has 0 unspecified atom stereocenters. The topological polar surface area (TPSA) is 52.7 Å². The highest BCUT2D eigenvalue weighted by Gasteiger charge is 2.23. The lowest BCUT2D eigenvalue weighted by atomic mass is 10.1. The number of anilines is 1. The summed E-state index contributed by atoms with van der Waals surface area (Å²) in [6, 6.07) is 9.79. The number of thiophene rings is 1. The first-order valence-corrected chi connectivity index (χ1v) is 9.33. The Morgan fingerprint density at radius 2 is 1.88 bits per heavy atom. The zero-order valence-corrected chi connectivity index (χ0v) is 15.4. The minimum absolute atomic E-state index is 0.00765. The van der Waals surface area contributed by atoms with Crippen LogP contribution in [-0.2, 0) is 4.79 Å². The van der Waals surface area contributed by atoms with Crippen LogP contribution in [0.2, 0.25) is 0 Å². The first-order chi connectivity index (χ1) is 12.0. The predicted molar refractivity (Wildman–Crippen MR) is 101 cm³/mol. The van der Waals surface area contributed by atoms with E-state index in [9.17, 15) is 9.59 Å². The van der Waals surface area contributed by atoms with E-state index in [4.69, 9.17) is 0 Å². The molecule has 1 aromatic heterocycles. The molecule has 6 heteroatoms. The zero-order chi connectivity index (χ0) is 17.8. The van der Waals surface area contributed by atoms with Gasteiger partial charge in [0.25, 0.3) is 5.91 Å². The van der Waals surface area contributed by atoms with E-state index in [1.807, 2.05) is 54.5 Å². The molecule has 1 aliphatic heterocycles. The molecule has 0 saturated carbocycles. The standard InChI is InChI=1S/C19H23N3O2S/c1-14-5-6-15(2)16(12-14)20-18(23)13-21-7-9-22(10-8-21)19(24)17-4-3-11-25-17/h3-6,11-12H,7-10,13H2,1-2H3,(H,20,23). The molecule has 1 aromatic carbocycles. The van der Waals surface area contributed by atoms with E-state index in [0.29, 0.717) is 19.6 Å². The minimum atomic E-state index is -0.00765. The largest absolute Gasteiger partial charge is 0.335 e. The second kappa shape index (κ2) is 7.80. The number of nitrogens with one attached hydrogen (secondary N) is 1. The van der Waals surface area contributed by atoms with E-state index in [2.05, 4.69) is 10.2 Å². The van der Waals surface area contributed by atoms with Gasteiger partial charge in [-0.3, -0.25) is 14.5 Å². The van der Waals surface area contributed by atoms with Crippen LogP contribution in [0.5, 0.6) is 0 Å². The summed E-state index contributed by atoms with van der Waals surface area (Å²) in [5.41, 5.74) is 3.06. The van der Waals surface area contributed by atoms with Crippen molar-refractivity contribution < 1.29 is 9.59 Å². The van der Waals surface area contributed by atoms with E-state index in [1.165, 1.54) is 11.3 Å². The van der Waals surface area contributed by atoms with Crippen LogP contribution in [0, 0.1) is 13.8 Å². The molecule has 0 atom stereocenters. The van der Waals surface area contributed by atoms with Crippen LogP contribution in [0.3, 0.4) is 0 Å². The van der Waals surface area contributed by atoms with Gasteiger partial charge < -0.3 is 10.2 Å². The summed E-state index contributed by atoms with van der Waals surface area (Å²) in [6.45, 7) is 7.12. The van der Waals surface area contributed by atoms with Crippen LogP contribution in [0.15, 0.2) is 35.7 Å². The van der Waals surface area contributed by atoms with Gasteiger partial charge in [0.2, 0.25) is 5.91 Å². The molecule has 0 bridgehead atoms. The number of piperazine rings is 1.